The highest BCUT2D eigenvalue weighted by Gasteiger charge is 2.10. The summed E-state index contributed by atoms with van der Waals surface area (Å²) in [6.45, 7) is 4.77. The topological polar surface area (TPSA) is 55.1 Å². The third-order valence-corrected chi connectivity index (χ3v) is 2.94. The molecule has 0 bridgehead atoms. The zero-order valence-corrected chi connectivity index (χ0v) is 10.7. The van der Waals surface area contributed by atoms with Crippen LogP contribution in [0.3, 0.4) is 0 Å². The van der Waals surface area contributed by atoms with Gasteiger partial charge in [0.1, 0.15) is 0 Å². The van der Waals surface area contributed by atoms with Crippen LogP contribution in [-0.4, -0.2) is 18.5 Å². The number of amides is 1. The summed E-state index contributed by atoms with van der Waals surface area (Å²) in [5.41, 5.74) is 7.35. The van der Waals surface area contributed by atoms with Crippen LogP contribution in [0.15, 0.2) is 24.3 Å². The summed E-state index contributed by atoms with van der Waals surface area (Å²) in [6, 6.07) is 7.94. The monoisotopic (exact) mass is 234 g/mol. The fourth-order valence-electron chi connectivity index (χ4n) is 1.80. The van der Waals surface area contributed by atoms with Crippen LogP contribution in [0, 0.1) is 0 Å². The summed E-state index contributed by atoms with van der Waals surface area (Å²) in [4.78, 5) is 12.0. The quantitative estimate of drug-likeness (QED) is 0.792. The summed E-state index contributed by atoms with van der Waals surface area (Å²) in [5, 5.41) is 3.03. The molecule has 94 valence electrons. The van der Waals surface area contributed by atoms with E-state index in [1.807, 2.05) is 24.3 Å². The molecule has 0 unspecified atom stereocenters. The van der Waals surface area contributed by atoms with E-state index in [2.05, 4.69) is 19.2 Å². The van der Waals surface area contributed by atoms with E-state index in [9.17, 15) is 4.79 Å². The van der Waals surface area contributed by atoms with Crippen molar-refractivity contribution in [3.05, 3.63) is 35.4 Å². The van der Waals surface area contributed by atoms with Crippen molar-refractivity contribution in [2.24, 2.45) is 5.73 Å². The van der Waals surface area contributed by atoms with Crippen molar-refractivity contribution in [1.82, 2.24) is 5.32 Å². The molecule has 0 radical (unpaired) electrons. The second-order valence-electron chi connectivity index (χ2n) is 4.23. The van der Waals surface area contributed by atoms with E-state index in [-0.39, 0.29) is 11.9 Å². The molecular weight excluding hydrogens is 212 g/mol. The van der Waals surface area contributed by atoms with Crippen LogP contribution >= 0.6 is 0 Å². The Labute approximate surface area is 103 Å². The van der Waals surface area contributed by atoms with Gasteiger partial charge >= 0.3 is 0 Å². The fourth-order valence-corrected chi connectivity index (χ4v) is 1.80. The van der Waals surface area contributed by atoms with Crippen LogP contribution < -0.4 is 11.1 Å². The van der Waals surface area contributed by atoms with Crippen LogP contribution in [0.5, 0.6) is 0 Å². The Hall–Kier alpha value is -1.35. The first kappa shape index (κ1) is 13.7. The van der Waals surface area contributed by atoms with Gasteiger partial charge in [-0.1, -0.05) is 26.0 Å². The Balaban J connectivity index is 2.71. The van der Waals surface area contributed by atoms with Crippen molar-refractivity contribution >= 4 is 5.91 Å². The molecule has 0 aliphatic heterocycles. The molecule has 1 aromatic rings. The number of hydrogen-bond acceptors (Lipinski definition) is 2. The molecule has 0 aliphatic carbocycles. The highest BCUT2D eigenvalue weighted by Crippen LogP contribution is 2.07. The Bertz CT molecular complexity index is 359. The van der Waals surface area contributed by atoms with Crippen molar-refractivity contribution in [3.8, 4) is 0 Å². The van der Waals surface area contributed by atoms with Crippen LogP contribution in [0.1, 0.15) is 42.6 Å². The first-order valence-corrected chi connectivity index (χ1v) is 6.31. The molecule has 1 rings (SSSR count). The molecule has 0 aromatic heterocycles. The van der Waals surface area contributed by atoms with E-state index in [1.54, 1.807) is 0 Å². The molecule has 0 saturated heterocycles. The highest BCUT2D eigenvalue weighted by atomic mass is 16.1. The summed E-state index contributed by atoms with van der Waals surface area (Å²) in [6.07, 6.45) is 2.74. The molecule has 0 atom stereocenters. The maximum absolute atomic E-state index is 12.0. The molecule has 0 heterocycles. The van der Waals surface area contributed by atoms with Crippen LogP contribution in [0.4, 0.5) is 0 Å². The minimum atomic E-state index is 0.0116. The van der Waals surface area contributed by atoms with Gasteiger partial charge in [-0.3, -0.25) is 4.79 Å². The number of rotatable bonds is 6. The van der Waals surface area contributed by atoms with Crippen molar-refractivity contribution in [1.29, 1.82) is 0 Å². The Morgan fingerprint density at radius 2 is 2.06 bits per heavy atom. The lowest BCUT2D eigenvalue weighted by Gasteiger charge is -2.15. The molecular formula is C14H22N2O. The van der Waals surface area contributed by atoms with Crippen LogP contribution in [0.2, 0.25) is 0 Å². The van der Waals surface area contributed by atoms with Gasteiger partial charge in [-0.15, -0.1) is 0 Å². The molecule has 0 fully saturated rings. The van der Waals surface area contributed by atoms with Gasteiger partial charge in [0.05, 0.1) is 0 Å². The van der Waals surface area contributed by atoms with Gasteiger partial charge in [-0.2, -0.15) is 0 Å². The van der Waals surface area contributed by atoms with Crippen molar-refractivity contribution in [3.63, 3.8) is 0 Å². The second kappa shape index (κ2) is 7.07. The zero-order valence-electron chi connectivity index (χ0n) is 10.7. The van der Waals surface area contributed by atoms with Crippen molar-refractivity contribution in [2.45, 2.75) is 39.2 Å². The average Bonchev–Trinajstić information content (AvgIpc) is 2.36. The molecule has 3 heteroatoms. The molecule has 3 N–H and O–H groups in total. The molecule has 0 spiro atoms. The van der Waals surface area contributed by atoms with Crippen LogP contribution in [-0.2, 0) is 6.42 Å². The van der Waals surface area contributed by atoms with E-state index in [1.165, 1.54) is 0 Å². The predicted molar refractivity (Wildman–Crippen MR) is 71.0 cm³/mol. The van der Waals surface area contributed by atoms with E-state index in [0.29, 0.717) is 6.54 Å². The lowest BCUT2D eigenvalue weighted by atomic mass is 10.1. The molecule has 17 heavy (non-hydrogen) atoms. The normalized spacial score (nSPS) is 10.6. The van der Waals surface area contributed by atoms with Crippen molar-refractivity contribution in [2.75, 3.05) is 6.54 Å². The van der Waals surface area contributed by atoms with Crippen LogP contribution in [0.25, 0.3) is 0 Å². The third-order valence-electron chi connectivity index (χ3n) is 2.94. The highest BCUT2D eigenvalue weighted by molar-refractivity contribution is 5.94. The van der Waals surface area contributed by atoms with E-state index < -0.39 is 0 Å². The molecule has 1 aromatic carbocycles. The lowest BCUT2D eigenvalue weighted by Crippen LogP contribution is -2.33. The van der Waals surface area contributed by atoms with Gasteiger partial charge in [0.15, 0.2) is 0 Å². The molecule has 3 nitrogen and oxygen atoms in total. The lowest BCUT2D eigenvalue weighted by molar-refractivity contribution is 0.0935. The summed E-state index contributed by atoms with van der Waals surface area (Å²) in [7, 11) is 0. The Morgan fingerprint density at radius 3 is 2.65 bits per heavy atom. The van der Waals surface area contributed by atoms with Gasteiger partial charge in [0.25, 0.3) is 5.91 Å². The SMILES string of the molecule is CCC(CC)NC(=O)c1cccc(CCN)c1. The first-order chi connectivity index (χ1) is 8.21. The second-order valence-corrected chi connectivity index (χ2v) is 4.23. The first-order valence-electron chi connectivity index (χ1n) is 6.31. The summed E-state index contributed by atoms with van der Waals surface area (Å²) in [5.74, 6) is 0.0116. The van der Waals surface area contributed by atoms with Gasteiger partial charge in [-0.05, 0) is 43.5 Å². The van der Waals surface area contributed by atoms with Gasteiger partial charge in [0.2, 0.25) is 0 Å². The molecule has 0 aliphatic rings. The standard InChI is InChI=1S/C14H22N2O/c1-3-13(4-2)16-14(17)12-7-5-6-11(10-12)8-9-15/h5-7,10,13H,3-4,8-9,15H2,1-2H3,(H,16,17). The Morgan fingerprint density at radius 1 is 1.35 bits per heavy atom. The van der Waals surface area contributed by atoms with E-state index in [4.69, 9.17) is 5.73 Å². The number of hydrogen-bond donors (Lipinski definition) is 2. The number of carbonyl (C=O) groups excluding carboxylic acids is 1. The fraction of sp³-hybridized carbons (Fsp3) is 0.500. The minimum Gasteiger partial charge on any atom is -0.349 e. The third kappa shape index (κ3) is 4.19. The average molecular weight is 234 g/mol. The number of nitrogens with one attached hydrogen (secondary N) is 1. The minimum absolute atomic E-state index is 0.0116. The van der Waals surface area contributed by atoms with Gasteiger partial charge in [0, 0.05) is 11.6 Å². The van der Waals surface area contributed by atoms with E-state index in [0.717, 1.165) is 30.4 Å². The summed E-state index contributed by atoms with van der Waals surface area (Å²) >= 11 is 0. The number of nitrogens with two attached hydrogens (primary N) is 1. The maximum Gasteiger partial charge on any atom is 0.251 e. The van der Waals surface area contributed by atoms with Gasteiger partial charge in [-0.25, -0.2) is 0 Å². The zero-order chi connectivity index (χ0) is 12.7. The summed E-state index contributed by atoms with van der Waals surface area (Å²) < 4.78 is 0. The smallest absolute Gasteiger partial charge is 0.251 e. The largest absolute Gasteiger partial charge is 0.349 e. The molecule has 0 saturated carbocycles. The van der Waals surface area contributed by atoms with Gasteiger partial charge < -0.3 is 11.1 Å². The number of benzene rings is 1. The predicted octanol–water partition coefficient (Wildman–Crippen LogP) is 2.11. The maximum atomic E-state index is 12.0. The number of carbonyl (C=O) groups is 1. The van der Waals surface area contributed by atoms with Crippen molar-refractivity contribution < 1.29 is 4.79 Å². The molecule has 1 amide bonds. The Kier molecular flexibility index (Phi) is 5.70. The van der Waals surface area contributed by atoms with E-state index >= 15 is 0 Å².